The fourth-order valence-electron chi connectivity index (χ4n) is 2.29. The molecule has 6 heteroatoms. The van der Waals surface area contributed by atoms with E-state index in [1.54, 1.807) is 11.0 Å². The van der Waals surface area contributed by atoms with Crippen molar-refractivity contribution in [2.24, 2.45) is 0 Å². The minimum atomic E-state index is 0.0671. The van der Waals surface area contributed by atoms with Gasteiger partial charge in [-0.2, -0.15) is 0 Å². The fraction of sp³-hybridized carbons (Fsp3) is 0.533. The number of hydrogen-bond donors (Lipinski definition) is 1. The van der Waals surface area contributed by atoms with Crippen molar-refractivity contribution >= 4 is 28.8 Å². The van der Waals surface area contributed by atoms with Crippen LogP contribution in [-0.2, 0) is 16.1 Å². The van der Waals surface area contributed by atoms with E-state index in [2.05, 4.69) is 11.9 Å². The van der Waals surface area contributed by atoms with Gasteiger partial charge in [-0.3, -0.25) is 4.79 Å². The lowest BCUT2D eigenvalue weighted by Crippen LogP contribution is -2.39. The monoisotopic (exact) mass is 328 g/mol. The molecular weight excluding hydrogens is 308 g/mol. The molecule has 0 spiro atoms. The smallest absolute Gasteiger partial charge is 0.237 e. The zero-order chi connectivity index (χ0) is 15.1. The van der Waals surface area contributed by atoms with E-state index in [-0.39, 0.29) is 12.0 Å². The molecule has 2 rings (SSSR count). The molecule has 1 unspecified atom stereocenters. The highest BCUT2D eigenvalue weighted by Gasteiger charge is 2.17. The maximum absolute atomic E-state index is 12.3. The van der Waals surface area contributed by atoms with Crippen LogP contribution < -0.4 is 5.32 Å². The molecule has 0 saturated carbocycles. The highest BCUT2D eigenvalue weighted by molar-refractivity contribution is 7.16. The third-order valence-electron chi connectivity index (χ3n) is 3.35. The number of ether oxygens (including phenoxy) is 1. The van der Waals surface area contributed by atoms with Gasteiger partial charge in [0.15, 0.2) is 0 Å². The van der Waals surface area contributed by atoms with Gasteiger partial charge in [0.05, 0.1) is 23.5 Å². The van der Waals surface area contributed by atoms with Gasteiger partial charge >= 0.3 is 0 Å². The van der Waals surface area contributed by atoms with Gasteiger partial charge in [0.2, 0.25) is 5.91 Å². The minimum absolute atomic E-state index is 0.0671. The Hall–Kier alpha value is -0.880. The van der Waals surface area contributed by atoms with Crippen molar-refractivity contribution in [2.75, 3.05) is 26.2 Å². The molecular formula is C15H21ClN2O2S. The third kappa shape index (κ3) is 5.43. The van der Waals surface area contributed by atoms with Crippen LogP contribution >= 0.6 is 22.9 Å². The van der Waals surface area contributed by atoms with Gasteiger partial charge in [-0.1, -0.05) is 17.7 Å². The Morgan fingerprint density at radius 1 is 1.62 bits per heavy atom. The van der Waals surface area contributed by atoms with Crippen LogP contribution in [0.15, 0.2) is 24.8 Å². The zero-order valence-electron chi connectivity index (χ0n) is 12.0. The lowest BCUT2D eigenvalue weighted by Gasteiger charge is -2.21. The summed E-state index contributed by atoms with van der Waals surface area (Å²) in [6.07, 6.45) is 4.18. The Bertz CT molecular complexity index is 472. The predicted octanol–water partition coefficient (Wildman–Crippen LogP) is 2.68. The molecule has 1 aliphatic heterocycles. The van der Waals surface area contributed by atoms with E-state index in [0.29, 0.717) is 19.6 Å². The molecule has 1 aromatic heterocycles. The standard InChI is InChI=1S/C15H21ClN2O2S/c1-2-7-18(11-13-5-6-14(16)21-13)15(19)10-17-9-12-4-3-8-20-12/h2,5-6,12,17H,1,3-4,7-11H2. The first-order chi connectivity index (χ1) is 10.2. The molecule has 0 aliphatic carbocycles. The summed E-state index contributed by atoms with van der Waals surface area (Å²) in [5, 5.41) is 3.18. The van der Waals surface area contributed by atoms with E-state index < -0.39 is 0 Å². The topological polar surface area (TPSA) is 41.6 Å². The number of rotatable bonds is 8. The van der Waals surface area contributed by atoms with Crippen molar-refractivity contribution in [1.82, 2.24) is 10.2 Å². The van der Waals surface area contributed by atoms with Crippen LogP contribution in [0.3, 0.4) is 0 Å². The normalized spacial score (nSPS) is 17.9. The quantitative estimate of drug-likeness (QED) is 0.746. The van der Waals surface area contributed by atoms with E-state index in [0.717, 1.165) is 35.2 Å². The van der Waals surface area contributed by atoms with Crippen LogP contribution in [0.4, 0.5) is 0 Å². The highest BCUT2D eigenvalue weighted by atomic mass is 35.5. The maximum Gasteiger partial charge on any atom is 0.237 e. The Kier molecular flexibility index (Phi) is 6.70. The first-order valence-corrected chi connectivity index (χ1v) is 8.33. The van der Waals surface area contributed by atoms with Crippen LogP contribution in [0.2, 0.25) is 4.34 Å². The second kappa shape index (κ2) is 8.54. The summed E-state index contributed by atoms with van der Waals surface area (Å²) in [6.45, 7) is 6.72. The summed E-state index contributed by atoms with van der Waals surface area (Å²) in [7, 11) is 0. The SMILES string of the molecule is C=CCN(Cc1ccc(Cl)s1)C(=O)CNCC1CCCO1. The molecule has 1 N–H and O–H groups in total. The van der Waals surface area contributed by atoms with Crippen LogP contribution in [0, 0.1) is 0 Å². The second-order valence-corrected chi connectivity index (χ2v) is 6.83. The van der Waals surface area contributed by atoms with Gasteiger partial charge in [0, 0.05) is 24.6 Å². The number of nitrogens with zero attached hydrogens (tertiary/aromatic N) is 1. The number of thiophene rings is 1. The van der Waals surface area contributed by atoms with Crippen molar-refractivity contribution in [3.8, 4) is 0 Å². The number of carbonyl (C=O) groups excluding carboxylic acids is 1. The molecule has 1 amide bonds. The van der Waals surface area contributed by atoms with Crippen molar-refractivity contribution in [3.05, 3.63) is 34.0 Å². The van der Waals surface area contributed by atoms with E-state index in [1.807, 2.05) is 12.1 Å². The summed E-state index contributed by atoms with van der Waals surface area (Å²) in [6, 6.07) is 3.81. The average Bonchev–Trinajstić information content (AvgIpc) is 3.10. The number of halogens is 1. The van der Waals surface area contributed by atoms with Gasteiger partial charge in [-0.25, -0.2) is 0 Å². The lowest BCUT2D eigenvalue weighted by atomic mass is 10.2. The Balaban J connectivity index is 1.78. The van der Waals surface area contributed by atoms with Gasteiger partial charge in [0.25, 0.3) is 0 Å². The summed E-state index contributed by atoms with van der Waals surface area (Å²) >= 11 is 7.43. The first-order valence-electron chi connectivity index (χ1n) is 7.14. The third-order valence-corrected chi connectivity index (χ3v) is 4.57. The van der Waals surface area contributed by atoms with E-state index in [1.165, 1.54) is 11.3 Å². The fourth-order valence-corrected chi connectivity index (χ4v) is 3.40. The number of nitrogens with one attached hydrogen (secondary N) is 1. The highest BCUT2D eigenvalue weighted by Crippen LogP contribution is 2.22. The van der Waals surface area contributed by atoms with Crippen molar-refractivity contribution in [3.63, 3.8) is 0 Å². The largest absolute Gasteiger partial charge is 0.377 e. The van der Waals surface area contributed by atoms with Crippen molar-refractivity contribution < 1.29 is 9.53 Å². The zero-order valence-corrected chi connectivity index (χ0v) is 13.6. The Morgan fingerprint density at radius 3 is 3.10 bits per heavy atom. The Labute approximate surface area is 134 Å². The van der Waals surface area contributed by atoms with Crippen molar-refractivity contribution in [2.45, 2.75) is 25.5 Å². The molecule has 1 aromatic rings. The predicted molar refractivity (Wildman–Crippen MR) is 86.8 cm³/mol. The molecule has 4 nitrogen and oxygen atoms in total. The summed E-state index contributed by atoms with van der Waals surface area (Å²) in [5.41, 5.74) is 0. The van der Waals surface area contributed by atoms with Gasteiger partial charge in [-0.15, -0.1) is 17.9 Å². The molecule has 2 heterocycles. The first kappa shape index (κ1) is 16.5. The van der Waals surface area contributed by atoms with Gasteiger partial charge < -0.3 is 15.0 Å². The number of carbonyl (C=O) groups is 1. The second-order valence-electron chi connectivity index (χ2n) is 5.03. The Morgan fingerprint density at radius 2 is 2.48 bits per heavy atom. The van der Waals surface area contributed by atoms with Crippen LogP contribution in [0.5, 0.6) is 0 Å². The molecule has 1 saturated heterocycles. The molecule has 1 atom stereocenters. The lowest BCUT2D eigenvalue weighted by molar-refractivity contribution is -0.130. The molecule has 0 radical (unpaired) electrons. The molecule has 0 bridgehead atoms. The van der Waals surface area contributed by atoms with Gasteiger partial charge in [-0.05, 0) is 25.0 Å². The minimum Gasteiger partial charge on any atom is -0.377 e. The molecule has 1 aliphatic rings. The maximum atomic E-state index is 12.3. The summed E-state index contributed by atoms with van der Waals surface area (Å²) in [5.74, 6) is 0.0671. The molecule has 116 valence electrons. The van der Waals surface area contributed by atoms with E-state index in [9.17, 15) is 4.79 Å². The van der Waals surface area contributed by atoms with Crippen LogP contribution in [0.25, 0.3) is 0 Å². The molecule has 21 heavy (non-hydrogen) atoms. The number of amides is 1. The van der Waals surface area contributed by atoms with Crippen molar-refractivity contribution in [1.29, 1.82) is 0 Å². The van der Waals surface area contributed by atoms with E-state index in [4.69, 9.17) is 16.3 Å². The van der Waals surface area contributed by atoms with Crippen LogP contribution in [-0.4, -0.2) is 43.2 Å². The van der Waals surface area contributed by atoms with E-state index >= 15 is 0 Å². The van der Waals surface area contributed by atoms with Gasteiger partial charge in [0.1, 0.15) is 0 Å². The van der Waals surface area contributed by atoms with Crippen LogP contribution in [0.1, 0.15) is 17.7 Å². The molecule has 1 fully saturated rings. The average molecular weight is 329 g/mol. The summed E-state index contributed by atoms with van der Waals surface area (Å²) < 4.78 is 6.27. The summed E-state index contributed by atoms with van der Waals surface area (Å²) in [4.78, 5) is 15.1. The molecule has 0 aromatic carbocycles. The number of hydrogen-bond acceptors (Lipinski definition) is 4.